The summed E-state index contributed by atoms with van der Waals surface area (Å²) >= 11 is 0. The molecule has 0 amide bonds. The number of hydrogen-bond acceptors (Lipinski definition) is 4. The Labute approximate surface area is 111 Å². The van der Waals surface area contributed by atoms with Crippen LogP contribution in [0.25, 0.3) is 0 Å². The molecular weight excluding hydrogens is 243 g/mol. The van der Waals surface area contributed by atoms with Gasteiger partial charge in [-0.3, -0.25) is 0 Å². The number of benzene rings is 1. The summed E-state index contributed by atoms with van der Waals surface area (Å²) in [5.74, 6) is 1.34. The highest BCUT2D eigenvalue weighted by atomic mass is 19.1. The second kappa shape index (κ2) is 5.22. The Hall–Kier alpha value is -2.17. The second-order valence-electron chi connectivity index (χ2n) is 4.80. The Morgan fingerprint density at radius 1 is 1.21 bits per heavy atom. The fourth-order valence-corrected chi connectivity index (χ4v) is 1.68. The van der Waals surface area contributed by atoms with Gasteiger partial charge in [0.05, 0.1) is 5.69 Å². The number of hydrogen-bond donors (Lipinski definition) is 2. The summed E-state index contributed by atoms with van der Waals surface area (Å²) < 4.78 is 13.7. The molecule has 4 nitrogen and oxygen atoms in total. The van der Waals surface area contributed by atoms with E-state index in [1.54, 1.807) is 18.2 Å². The standard InChI is InChI=1S/C14H17FN4/c1-8(2)14-18-12(16)7-13(19-14)17-11-6-9(3)4-5-10(11)15/h4-8H,1-3H3,(H3,16,17,18,19). The molecule has 3 N–H and O–H groups in total. The predicted molar refractivity (Wildman–Crippen MR) is 75.0 cm³/mol. The van der Waals surface area contributed by atoms with Crippen LogP contribution in [-0.2, 0) is 0 Å². The Morgan fingerprint density at radius 2 is 1.95 bits per heavy atom. The largest absolute Gasteiger partial charge is 0.384 e. The lowest BCUT2D eigenvalue weighted by atomic mass is 10.2. The highest BCUT2D eigenvalue weighted by Crippen LogP contribution is 2.22. The molecule has 100 valence electrons. The van der Waals surface area contributed by atoms with E-state index >= 15 is 0 Å². The molecule has 0 unspecified atom stereocenters. The first-order valence-electron chi connectivity index (χ1n) is 6.13. The molecule has 1 heterocycles. The Bertz CT molecular complexity index is 596. The smallest absolute Gasteiger partial charge is 0.146 e. The molecule has 0 aliphatic carbocycles. The third kappa shape index (κ3) is 3.19. The van der Waals surface area contributed by atoms with Crippen LogP contribution in [0.1, 0.15) is 31.2 Å². The van der Waals surface area contributed by atoms with Gasteiger partial charge in [-0.15, -0.1) is 0 Å². The number of halogens is 1. The van der Waals surface area contributed by atoms with Gasteiger partial charge in [0, 0.05) is 12.0 Å². The number of aryl methyl sites for hydroxylation is 1. The van der Waals surface area contributed by atoms with E-state index in [4.69, 9.17) is 5.73 Å². The molecule has 0 aliphatic rings. The lowest BCUT2D eigenvalue weighted by Gasteiger charge is -2.11. The number of aromatic nitrogens is 2. The van der Waals surface area contributed by atoms with Crippen LogP contribution in [0, 0.1) is 12.7 Å². The molecule has 0 aliphatic heterocycles. The molecule has 2 aromatic rings. The minimum absolute atomic E-state index is 0.159. The number of rotatable bonds is 3. The summed E-state index contributed by atoms with van der Waals surface area (Å²) in [4.78, 5) is 8.48. The van der Waals surface area contributed by atoms with Crippen molar-refractivity contribution in [3.63, 3.8) is 0 Å². The van der Waals surface area contributed by atoms with Crippen molar-refractivity contribution < 1.29 is 4.39 Å². The van der Waals surface area contributed by atoms with Crippen molar-refractivity contribution in [2.24, 2.45) is 0 Å². The first-order valence-corrected chi connectivity index (χ1v) is 6.13. The fourth-order valence-electron chi connectivity index (χ4n) is 1.68. The molecule has 1 aromatic carbocycles. The van der Waals surface area contributed by atoms with Gasteiger partial charge in [-0.2, -0.15) is 0 Å². The van der Waals surface area contributed by atoms with Crippen molar-refractivity contribution in [1.82, 2.24) is 9.97 Å². The number of nitrogens with one attached hydrogen (secondary N) is 1. The van der Waals surface area contributed by atoms with Gasteiger partial charge in [-0.25, -0.2) is 14.4 Å². The van der Waals surface area contributed by atoms with Gasteiger partial charge in [-0.1, -0.05) is 19.9 Å². The van der Waals surface area contributed by atoms with Gasteiger partial charge >= 0.3 is 0 Å². The molecule has 0 fully saturated rings. The molecule has 0 saturated carbocycles. The zero-order valence-corrected chi connectivity index (χ0v) is 11.2. The van der Waals surface area contributed by atoms with E-state index in [2.05, 4.69) is 15.3 Å². The summed E-state index contributed by atoms with van der Waals surface area (Å²) in [6.45, 7) is 5.86. The maximum Gasteiger partial charge on any atom is 0.146 e. The SMILES string of the molecule is Cc1ccc(F)c(Nc2cc(N)nc(C(C)C)n2)c1. The summed E-state index contributed by atoms with van der Waals surface area (Å²) in [5, 5.41) is 2.94. The van der Waals surface area contributed by atoms with Crippen molar-refractivity contribution in [2.75, 3.05) is 11.1 Å². The maximum atomic E-state index is 13.7. The third-order valence-electron chi connectivity index (χ3n) is 2.66. The van der Waals surface area contributed by atoms with Gasteiger partial charge in [0.25, 0.3) is 0 Å². The summed E-state index contributed by atoms with van der Waals surface area (Å²) in [6.07, 6.45) is 0. The average Bonchev–Trinajstić information content (AvgIpc) is 2.33. The number of nitrogens with zero attached hydrogens (tertiary/aromatic N) is 2. The fraction of sp³-hybridized carbons (Fsp3) is 0.286. The molecule has 19 heavy (non-hydrogen) atoms. The molecule has 0 radical (unpaired) electrons. The number of nitrogen functional groups attached to an aromatic ring is 1. The summed E-state index contributed by atoms with van der Waals surface area (Å²) in [6, 6.07) is 6.45. The monoisotopic (exact) mass is 260 g/mol. The zero-order valence-electron chi connectivity index (χ0n) is 11.2. The lowest BCUT2D eigenvalue weighted by Crippen LogP contribution is -2.05. The van der Waals surface area contributed by atoms with Gasteiger partial charge in [-0.05, 0) is 24.6 Å². The Morgan fingerprint density at radius 3 is 2.63 bits per heavy atom. The molecule has 0 bridgehead atoms. The number of nitrogens with two attached hydrogens (primary N) is 1. The van der Waals surface area contributed by atoms with E-state index in [9.17, 15) is 4.39 Å². The minimum Gasteiger partial charge on any atom is -0.384 e. The summed E-state index contributed by atoms with van der Waals surface area (Å²) in [7, 11) is 0. The second-order valence-corrected chi connectivity index (χ2v) is 4.80. The molecule has 0 atom stereocenters. The van der Waals surface area contributed by atoms with Crippen molar-refractivity contribution in [3.8, 4) is 0 Å². The van der Waals surface area contributed by atoms with Crippen LogP contribution < -0.4 is 11.1 Å². The summed E-state index contributed by atoms with van der Waals surface area (Å²) in [5.41, 5.74) is 7.08. The first-order chi connectivity index (χ1) is 8.95. The van der Waals surface area contributed by atoms with Crippen LogP contribution in [0.5, 0.6) is 0 Å². The molecule has 1 aromatic heterocycles. The van der Waals surface area contributed by atoms with Gasteiger partial charge in [0.2, 0.25) is 0 Å². The van der Waals surface area contributed by atoms with E-state index in [-0.39, 0.29) is 11.7 Å². The van der Waals surface area contributed by atoms with Crippen molar-refractivity contribution in [1.29, 1.82) is 0 Å². The van der Waals surface area contributed by atoms with Crippen LogP contribution in [0.4, 0.5) is 21.7 Å². The zero-order chi connectivity index (χ0) is 14.0. The first kappa shape index (κ1) is 13.3. The van der Waals surface area contributed by atoms with Crippen molar-refractivity contribution in [3.05, 3.63) is 41.5 Å². The molecule has 5 heteroatoms. The Kier molecular flexibility index (Phi) is 3.64. The maximum absolute atomic E-state index is 13.7. The van der Waals surface area contributed by atoms with Gasteiger partial charge in [0.15, 0.2) is 0 Å². The quantitative estimate of drug-likeness (QED) is 0.888. The predicted octanol–water partition coefficient (Wildman–Crippen LogP) is 3.37. The molecule has 0 spiro atoms. The average molecular weight is 260 g/mol. The highest BCUT2D eigenvalue weighted by Gasteiger charge is 2.08. The Balaban J connectivity index is 2.35. The van der Waals surface area contributed by atoms with E-state index in [0.29, 0.717) is 23.1 Å². The van der Waals surface area contributed by atoms with E-state index < -0.39 is 0 Å². The van der Waals surface area contributed by atoms with Gasteiger partial charge in [0.1, 0.15) is 23.3 Å². The lowest BCUT2D eigenvalue weighted by molar-refractivity contribution is 0.631. The molecular formula is C14H17FN4. The molecule has 2 rings (SSSR count). The topological polar surface area (TPSA) is 63.8 Å². The highest BCUT2D eigenvalue weighted by molar-refractivity contribution is 5.60. The minimum atomic E-state index is -0.325. The van der Waals surface area contributed by atoms with Gasteiger partial charge < -0.3 is 11.1 Å². The van der Waals surface area contributed by atoms with Crippen LogP contribution in [0.2, 0.25) is 0 Å². The number of anilines is 3. The van der Waals surface area contributed by atoms with Crippen molar-refractivity contribution >= 4 is 17.3 Å². The van der Waals surface area contributed by atoms with Crippen molar-refractivity contribution in [2.45, 2.75) is 26.7 Å². The molecule has 0 saturated heterocycles. The van der Waals surface area contributed by atoms with Crippen LogP contribution in [-0.4, -0.2) is 9.97 Å². The van der Waals surface area contributed by atoms with Crippen LogP contribution in [0.15, 0.2) is 24.3 Å². The normalized spacial score (nSPS) is 10.8. The van der Waals surface area contributed by atoms with E-state index in [0.717, 1.165) is 5.56 Å². The van der Waals surface area contributed by atoms with Crippen LogP contribution in [0.3, 0.4) is 0 Å². The van der Waals surface area contributed by atoms with E-state index in [1.807, 2.05) is 20.8 Å². The third-order valence-corrected chi connectivity index (χ3v) is 2.66. The van der Waals surface area contributed by atoms with Crippen LogP contribution >= 0.6 is 0 Å². The van der Waals surface area contributed by atoms with E-state index in [1.165, 1.54) is 6.07 Å².